The quantitative estimate of drug-likeness (QED) is 0.302. The van der Waals surface area contributed by atoms with Crippen LogP contribution in [0.25, 0.3) is 0 Å². The molecule has 0 aromatic rings. The Morgan fingerprint density at radius 2 is 2.00 bits per heavy atom. The van der Waals surface area contributed by atoms with Crippen LogP contribution in [0.4, 0.5) is 0 Å². The molecule has 1 aliphatic heterocycles. The van der Waals surface area contributed by atoms with Gasteiger partial charge in [0.1, 0.15) is 0 Å². The SMILES string of the molecule is CN=C(NCC1CCCCN1CC(C)C)NCC1(CCOC)CCC1.I. The molecule has 2 rings (SSSR count). The summed E-state index contributed by atoms with van der Waals surface area (Å²) >= 11 is 0. The zero-order chi connectivity index (χ0) is 18.1. The molecule has 1 atom stereocenters. The first-order valence-corrected chi connectivity index (χ1v) is 10.3. The molecule has 1 unspecified atom stereocenters. The van der Waals surface area contributed by atoms with Gasteiger partial charge in [-0.2, -0.15) is 0 Å². The van der Waals surface area contributed by atoms with Crippen molar-refractivity contribution in [3.05, 3.63) is 0 Å². The summed E-state index contributed by atoms with van der Waals surface area (Å²) < 4.78 is 5.30. The van der Waals surface area contributed by atoms with Crippen LogP contribution in [0.3, 0.4) is 0 Å². The van der Waals surface area contributed by atoms with E-state index in [0.29, 0.717) is 11.5 Å². The maximum Gasteiger partial charge on any atom is 0.191 e. The molecular formula is C20H41IN4O. The first-order chi connectivity index (χ1) is 12.1. The van der Waals surface area contributed by atoms with Crippen molar-refractivity contribution in [3.8, 4) is 0 Å². The molecule has 1 aliphatic carbocycles. The summed E-state index contributed by atoms with van der Waals surface area (Å²) in [4.78, 5) is 7.11. The number of likely N-dealkylation sites (tertiary alicyclic amines) is 1. The zero-order valence-corrected chi connectivity index (χ0v) is 19.7. The molecule has 2 N–H and O–H groups in total. The molecule has 2 aliphatic rings. The monoisotopic (exact) mass is 480 g/mol. The average molecular weight is 480 g/mol. The lowest BCUT2D eigenvalue weighted by Gasteiger charge is -2.42. The van der Waals surface area contributed by atoms with Crippen molar-refractivity contribution in [2.45, 2.75) is 64.8 Å². The molecule has 154 valence electrons. The number of hydrogen-bond acceptors (Lipinski definition) is 3. The first kappa shape index (κ1) is 24.0. The number of aliphatic imine (C=N–C) groups is 1. The van der Waals surface area contributed by atoms with E-state index < -0.39 is 0 Å². The van der Waals surface area contributed by atoms with E-state index in [-0.39, 0.29) is 24.0 Å². The van der Waals surface area contributed by atoms with E-state index in [1.807, 2.05) is 7.05 Å². The number of halogens is 1. The molecule has 5 nitrogen and oxygen atoms in total. The van der Waals surface area contributed by atoms with E-state index in [4.69, 9.17) is 4.74 Å². The minimum Gasteiger partial charge on any atom is -0.385 e. The number of piperidine rings is 1. The lowest BCUT2D eigenvalue weighted by Crippen LogP contribution is -2.52. The summed E-state index contributed by atoms with van der Waals surface area (Å²) in [7, 11) is 3.68. The normalized spacial score (nSPS) is 23.3. The Hall–Kier alpha value is -0.0800. The van der Waals surface area contributed by atoms with Gasteiger partial charge in [-0.25, -0.2) is 0 Å². The van der Waals surface area contributed by atoms with Gasteiger partial charge in [0.05, 0.1) is 0 Å². The summed E-state index contributed by atoms with van der Waals surface area (Å²) in [5.41, 5.74) is 0.419. The smallest absolute Gasteiger partial charge is 0.191 e. The molecule has 1 saturated heterocycles. The second-order valence-corrected chi connectivity index (χ2v) is 8.44. The number of hydrogen-bond donors (Lipinski definition) is 2. The van der Waals surface area contributed by atoms with Crippen LogP contribution < -0.4 is 10.6 Å². The van der Waals surface area contributed by atoms with E-state index in [1.165, 1.54) is 51.6 Å². The van der Waals surface area contributed by atoms with Crippen molar-refractivity contribution in [3.63, 3.8) is 0 Å². The zero-order valence-electron chi connectivity index (χ0n) is 17.4. The fourth-order valence-corrected chi connectivity index (χ4v) is 4.22. The summed E-state index contributed by atoms with van der Waals surface area (Å²) in [6, 6.07) is 0.640. The Kier molecular flexibility index (Phi) is 11.4. The molecule has 6 heteroatoms. The van der Waals surface area contributed by atoms with Gasteiger partial charge in [-0.1, -0.05) is 26.7 Å². The van der Waals surface area contributed by atoms with Crippen molar-refractivity contribution in [1.29, 1.82) is 0 Å². The predicted octanol–water partition coefficient (Wildman–Crippen LogP) is 3.49. The van der Waals surface area contributed by atoms with Gasteiger partial charge in [-0.3, -0.25) is 9.89 Å². The number of ether oxygens (including phenoxy) is 1. The highest BCUT2D eigenvalue weighted by Gasteiger charge is 2.36. The Morgan fingerprint density at radius 1 is 1.23 bits per heavy atom. The van der Waals surface area contributed by atoms with E-state index in [2.05, 4.69) is 34.4 Å². The predicted molar refractivity (Wildman–Crippen MR) is 122 cm³/mol. The van der Waals surface area contributed by atoms with Crippen LogP contribution in [0.5, 0.6) is 0 Å². The molecule has 0 radical (unpaired) electrons. The fourth-order valence-electron chi connectivity index (χ4n) is 4.22. The number of nitrogens with zero attached hydrogens (tertiary/aromatic N) is 2. The molecule has 0 aromatic carbocycles. The minimum absolute atomic E-state index is 0. The molecule has 0 bridgehead atoms. The molecule has 0 aromatic heterocycles. The second kappa shape index (κ2) is 12.4. The molecule has 0 spiro atoms. The Balaban J connectivity index is 0.00000338. The Bertz CT molecular complexity index is 413. The molecule has 1 heterocycles. The Morgan fingerprint density at radius 3 is 2.58 bits per heavy atom. The van der Waals surface area contributed by atoms with E-state index in [0.717, 1.165) is 38.0 Å². The van der Waals surface area contributed by atoms with Gasteiger partial charge in [0.15, 0.2) is 5.96 Å². The number of nitrogens with one attached hydrogen (secondary N) is 2. The Labute approximate surface area is 178 Å². The van der Waals surface area contributed by atoms with Crippen LogP contribution in [0.2, 0.25) is 0 Å². The summed E-state index contributed by atoms with van der Waals surface area (Å²) in [6.45, 7) is 9.96. The standard InChI is InChI=1S/C20H40N4O.HI/c1-17(2)15-24-12-6-5-8-18(24)14-22-19(21-3)23-16-20(9-7-10-20)11-13-25-4;/h17-18H,5-16H2,1-4H3,(H2,21,22,23);1H. The third-order valence-electron chi connectivity index (χ3n) is 5.96. The maximum atomic E-state index is 5.30. The average Bonchev–Trinajstić information content (AvgIpc) is 2.57. The van der Waals surface area contributed by atoms with Crippen molar-refractivity contribution >= 4 is 29.9 Å². The molecule has 26 heavy (non-hydrogen) atoms. The lowest BCUT2D eigenvalue weighted by molar-refractivity contribution is 0.0731. The van der Waals surface area contributed by atoms with Gasteiger partial charge >= 0.3 is 0 Å². The number of methoxy groups -OCH3 is 1. The van der Waals surface area contributed by atoms with E-state index >= 15 is 0 Å². The molecule has 0 amide bonds. The largest absolute Gasteiger partial charge is 0.385 e. The van der Waals surface area contributed by atoms with Crippen molar-refractivity contribution in [2.24, 2.45) is 16.3 Å². The van der Waals surface area contributed by atoms with Crippen LogP contribution in [0.15, 0.2) is 4.99 Å². The maximum absolute atomic E-state index is 5.30. The van der Waals surface area contributed by atoms with Gasteiger partial charge in [-0.05, 0) is 50.0 Å². The third-order valence-corrected chi connectivity index (χ3v) is 5.96. The van der Waals surface area contributed by atoms with Gasteiger partial charge in [0.2, 0.25) is 0 Å². The molecule has 2 fully saturated rings. The van der Waals surface area contributed by atoms with Crippen molar-refractivity contribution in [2.75, 3.05) is 46.9 Å². The van der Waals surface area contributed by atoms with Crippen LogP contribution in [-0.4, -0.2) is 63.8 Å². The lowest BCUT2D eigenvalue weighted by atomic mass is 9.67. The highest BCUT2D eigenvalue weighted by molar-refractivity contribution is 14.0. The highest BCUT2D eigenvalue weighted by Crippen LogP contribution is 2.43. The number of guanidine groups is 1. The first-order valence-electron chi connectivity index (χ1n) is 10.3. The summed E-state index contributed by atoms with van der Waals surface area (Å²) in [5.74, 6) is 1.69. The van der Waals surface area contributed by atoms with Gasteiger partial charge < -0.3 is 15.4 Å². The second-order valence-electron chi connectivity index (χ2n) is 8.44. The highest BCUT2D eigenvalue weighted by atomic mass is 127. The third kappa shape index (κ3) is 7.50. The van der Waals surface area contributed by atoms with E-state index in [1.54, 1.807) is 7.11 Å². The summed E-state index contributed by atoms with van der Waals surface area (Å²) in [6.07, 6.45) is 9.12. The summed E-state index contributed by atoms with van der Waals surface area (Å²) in [5, 5.41) is 7.17. The van der Waals surface area contributed by atoms with Gasteiger partial charge in [0, 0.05) is 46.4 Å². The topological polar surface area (TPSA) is 48.9 Å². The molecule has 1 saturated carbocycles. The van der Waals surface area contributed by atoms with Gasteiger partial charge in [0.25, 0.3) is 0 Å². The number of rotatable bonds is 9. The van der Waals surface area contributed by atoms with Crippen LogP contribution in [0, 0.1) is 11.3 Å². The minimum atomic E-state index is 0. The van der Waals surface area contributed by atoms with Crippen LogP contribution in [0.1, 0.15) is 58.8 Å². The van der Waals surface area contributed by atoms with Gasteiger partial charge in [-0.15, -0.1) is 24.0 Å². The van der Waals surface area contributed by atoms with Crippen molar-refractivity contribution < 1.29 is 4.74 Å². The van der Waals surface area contributed by atoms with E-state index in [9.17, 15) is 0 Å². The van der Waals surface area contributed by atoms with Crippen molar-refractivity contribution in [1.82, 2.24) is 15.5 Å². The molecular weight excluding hydrogens is 439 g/mol. The van der Waals surface area contributed by atoms with Crippen LogP contribution in [-0.2, 0) is 4.74 Å². The fraction of sp³-hybridized carbons (Fsp3) is 0.950. The van der Waals surface area contributed by atoms with Crippen LogP contribution >= 0.6 is 24.0 Å².